The number of ether oxygens (including phenoxy) is 1. The first kappa shape index (κ1) is 16.3. The highest BCUT2D eigenvalue weighted by molar-refractivity contribution is 5.79. The van der Waals surface area contributed by atoms with Crippen molar-refractivity contribution < 1.29 is 9.15 Å². The van der Waals surface area contributed by atoms with Crippen LogP contribution in [0.1, 0.15) is 36.9 Å². The van der Waals surface area contributed by atoms with Crippen molar-refractivity contribution in [2.45, 2.75) is 19.8 Å². The Labute approximate surface area is 135 Å². The van der Waals surface area contributed by atoms with Crippen molar-refractivity contribution in [3.05, 3.63) is 47.5 Å². The van der Waals surface area contributed by atoms with E-state index >= 15 is 0 Å². The second kappa shape index (κ2) is 7.80. The van der Waals surface area contributed by atoms with Crippen LogP contribution in [0.15, 0.2) is 39.9 Å². The van der Waals surface area contributed by atoms with Crippen LogP contribution in [0.5, 0.6) is 5.75 Å². The quantitative estimate of drug-likeness (QED) is 0.648. The molecular weight excluding hydrogens is 292 g/mol. The number of oxazole rings is 1. The molecule has 0 bridgehead atoms. The number of anilines is 1. The number of allylic oxidation sites excluding steroid dienone is 1. The number of nitriles is 1. The molecule has 2 rings (SSSR count). The van der Waals surface area contributed by atoms with Crippen LogP contribution in [0.25, 0.3) is 6.08 Å². The average molecular weight is 310 g/mol. The normalized spacial score (nSPS) is 11.3. The van der Waals surface area contributed by atoms with Gasteiger partial charge in [-0.3, -0.25) is 0 Å². The van der Waals surface area contributed by atoms with Crippen LogP contribution in [0.4, 0.5) is 5.88 Å². The molecule has 0 atom stereocenters. The molecule has 6 nitrogen and oxygen atoms in total. The van der Waals surface area contributed by atoms with Crippen molar-refractivity contribution in [2.24, 2.45) is 5.10 Å². The fourth-order valence-corrected chi connectivity index (χ4v) is 1.82. The third-order valence-electron chi connectivity index (χ3n) is 2.98. The molecule has 0 aliphatic carbocycles. The zero-order valence-electron chi connectivity index (χ0n) is 13.3. The summed E-state index contributed by atoms with van der Waals surface area (Å²) in [6, 6.07) is 9.64. The largest absolute Gasteiger partial charge is 0.496 e. The highest BCUT2D eigenvalue weighted by atomic mass is 16.5. The van der Waals surface area contributed by atoms with Gasteiger partial charge in [0, 0.05) is 17.7 Å². The van der Waals surface area contributed by atoms with Crippen LogP contribution < -0.4 is 10.2 Å². The molecule has 1 heterocycles. The number of benzene rings is 1. The van der Waals surface area contributed by atoms with Crippen LogP contribution in [0, 0.1) is 11.3 Å². The number of aromatic nitrogens is 1. The predicted octanol–water partition coefficient (Wildman–Crippen LogP) is 3.79. The van der Waals surface area contributed by atoms with E-state index in [4.69, 9.17) is 14.4 Å². The standard InChI is InChI=1S/C17H18N4O2/c1-12(2)16-20-14(11-18)17(23-16)21-19-10-6-8-13-7-4-5-9-15(13)22-3/h4-10,12,21H,1-3H3/b8-6+,19-10+. The van der Waals surface area contributed by atoms with Crippen molar-refractivity contribution >= 4 is 18.2 Å². The van der Waals surface area contributed by atoms with Crippen LogP contribution in [0.3, 0.4) is 0 Å². The molecule has 0 aliphatic rings. The Hall–Kier alpha value is -3.07. The number of nitrogens with one attached hydrogen (secondary N) is 1. The zero-order chi connectivity index (χ0) is 16.7. The molecule has 0 fully saturated rings. The number of rotatable bonds is 6. The number of hydrogen-bond donors (Lipinski definition) is 1. The van der Waals surface area contributed by atoms with Gasteiger partial charge in [-0.25, -0.2) is 10.4 Å². The second-order valence-corrected chi connectivity index (χ2v) is 4.99. The first-order valence-electron chi connectivity index (χ1n) is 7.15. The van der Waals surface area contributed by atoms with Gasteiger partial charge in [-0.15, -0.1) is 0 Å². The predicted molar refractivity (Wildman–Crippen MR) is 89.4 cm³/mol. The molecule has 0 aliphatic heterocycles. The Morgan fingerprint density at radius 3 is 2.87 bits per heavy atom. The molecule has 1 aromatic carbocycles. The molecule has 0 saturated heterocycles. The van der Waals surface area contributed by atoms with E-state index in [1.807, 2.05) is 50.3 Å². The molecule has 2 aromatic rings. The summed E-state index contributed by atoms with van der Waals surface area (Å²) in [5.41, 5.74) is 3.83. The van der Waals surface area contributed by atoms with Gasteiger partial charge < -0.3 is 9.15 Å². The highest BCUT2D eigenvalue weighted by Gasteiger charge is 2.14. The topological polar surface area (TPSA) is 83.4 Å². The number of hydrogen-bond acceptors (Lipinski definition) is 6. The van der Waals surface area contributed by atoms with E-state index in [9.17, 15) is 0 Å². The molecule has 0 radical (unpaired) electrons. The maximum Gasteiger partial charge on any atom is 0.252 e. The van der Waals surface area contributed by atoms with Crippen molar-refractivity contribution in [3.8, 4) is 11.8 Å². The van der Waals surface area contributed by atoms with Crippen LogP contribution in [0.2, 0.25) is 0 Å². The molecule has 6 heteroatoms. The molecule has 0 amide bonds. The SMILES string of the molecule is COc1ccccc1/C=C/C=N/Nc1oc(C(C)C)nc1C#N. The monoisotopic (exact) mass is 310 g/mol. The van der Waals surface area contributed by atoms with Gasteiger partial charge in [-0.2, -0.15) is 10.4 Å². The minimum atomic E-state index is 0.104. The second-order valence-electron chi connectivity index (χ2n) is 4.99. The van der Waals surface area contributed by atoms with E-state index in [1.54, 1.807) is 19.4 Å². The Morgan fingerprint density at radius 2 is 2.17 bits per heavy atom. The fraction of sp³-hybridized carbons (Fsp3) is 0.235. The molecule has 1 N–H and O–H groups in total. The van der Waals surface area contributed by atoms with Gasteiger partial charge in [0.25, 0.3) is 5.88 Å². The lowest BCUT2D eigenvalue weighted by Gasteiger charge is -2.02. The molecule has 0 spiro atoms. The van der Waals surface area contributed by atoms with Gasteiger partial charge in [-0.05, 0) is 18.2 Å². The van der Waals surface area contributed by atoms with Gasteiger partial charge >= 0.3 is 0 Å². The number of para-hydroxylation sites is 1. The number of nitrogens with zero attached hydrogens (tertiary/aromatic N) is 3. The van der Waals surface area contributed by atoms with E-state index in [-0.39, 0.29) is 17.5 Å². The summed E-state index contributed by atoms with van der Waals surface area (Å²) in [6.07, 6.45) is 5.19. The molecule has 23 heavy (non-hydrogen) atoms. The van der Waals surface area contributed by atoms with Crippen LogP contribution >= 0.6 is 0 Å². The summed E-state index contributed by atoms with van der Waals surface area (Å²) in [6.45, 7) is 3.88. The molecule has 0 saturated carbocycles. The first-order valence-corrected chi connectivity index (χ1v) is 7.15. The molecule has 118 valence electrons. The lowest BCUT2D eigenvalue weighted by molar-refractivity contribution is 0.414. The van der Waals surface area contributed by atoms with E-state index < -0.39 is 0 Å². The minimum absolute atomic E-state index is 0.104. The Bertz CT molecular complexity index is 754. The summed E-state index contributed by atoms with van der Waals surface area (Å²) in [5, 5.41) is 13.0. The van der Waals surface area contributed by atoms with Gasteiger partial charge in [-0.1, -0.05) is 32.0 Å². The highest BCUT2D eigenvalue weighted by Crippen LogP contribution is 2.22. The summed E-state index contributed by atoms with van der Waals surface area (Å²) >= 11 is 0. The average Bonchev–Trinajstić information content (AvgIpc) is 2.98. The maximum absolute atomic E-state index is 9.03. The lowest BCUT2D eigenvalue weighted by atomic mass is 10.2. The Morgan fingerprint density at radius 1 is 1.39 bits per heavy atom. The van der Waals surface area contributed by atoms with E-state index in [0.29, 0.717) is 5.89 Å². The van der Waals surface area contributed by atoms with Crippen molar-refractivity contribution in [1.29, 1.82) is 5.26 Å². The summed E-state index contributed by atoms with van der Waals surface area (Å²) in [5.74, 6) is 1.64. The Kier molecular flexibility index (Phi) is 5.53. The van der Waals surface area contributed by atoms with Crippen molar-refractivity contribution in [3.63, 3.8) is 0 Å². The smallest absolute Gasteiger partial charge is 0.252 e. The third-order valence-corrected chi connectivity index (χ3v) is 2.98. The Balaban J connectivity index is 2.02. The van der Waals surface area contributed by atoms with Crippen molar-refractivity contribution in [1.82, 2.24) is 4.98 Å². The summed E-state index contributed by atoms with van der Waals surface area (Å²) in [4.78, 5) is 4.10. The van der Waals surface area contributed by atoms with Crippen molar-refractivity contribution in [2.75, 3.05) is 12.5 Å². The summed E-state index contributed by atoms with van der Waals surface area (Å²) in [7, 11) is 1.63. The molecular formula is C17H18N4O2. The van der Waals surface area contributed by atoms with E-state index in [0.717, 1.165) is 11.3 Å². The van der Waals surface area contributed by atoms with Gasteiger partial charge in [0.15, 0.2) is 0 Å². The van der Waals surface area contributed by atoms with E-state index in [2.05, 4.69) is 15.5 Å². The van der Waals surface area contributed by atoms with Crippen LogP contribution in [-0.2, 0) is 0 Å². The molecule has 1 aromatic heterocycles. The van der Waals surface area contributed by atoms with Gasteiger partial charge in [0.05, 0.1) is 7.11 Å². The zero-order valence-corrected chi connectivity index (χ0v) is 13.3. The third kappa shape index (κ3) is 4.20. The molecule has 0 unspecified atom stereocenters. The number of methoxy groups -OCH3 is 1. The maximum atomic E-state index is 9.03. The van der Waals surface area contributed by atoms with Crippen LogP contribution in [-0.4, -0.2) is 18.3 Å². The number of hydrazone groups is 1. The first-order chi connectivity index (χ1) is 11.2. The van der Waals surface area contributed by atoms with Gasteiger partial charge in [0.1, 0.15) is 11.8 Å². The summed E-state index contributed by atoms with van der Waals surface area (Å²) < 4.78 is 10.7. The minimum Gasteiger partial charge on any atom is -0.496 e. The van der Waals surface area contributed by atoms with E-state index in [1.165, 1.54) is 0 Å². The fourth-order valence-electron chi connectivity index (χ4n) is 1.82. The van der Waals surface area contributed by atoms with Gasteiger partial charge in [0.2, 0.25) is 11.6 Å². The lowest BCUT2D eigenvalue weighted by Crippen LogP contribution is -1.89.